The van der Waals surface area contributed by atoms with Crippen molar-refractivity contribution >= 4 is 51.5 Å². The summed E-state index contributed by atoms with van der Waals surface area (Å²) in [6.45, 7) is 15.0. The number of imide groups is 1. The van der Waals surface area contributed by atoms with E-state index in [1.54, 1.807) is 24.4 Å². The molecule has 4 aromatic rings. The SMILES string of the molecule is CC1(C)[C@H](NC(=O)c2ccc(N3CCC(CN4CCN(c5ccc6cnn([C@@H]7CCC(=O)NC7=O)c(=O)c6c5)CC4)CC3)cc2)C(C)(C)[C@H]1Oc1ccc(C#N)c(Cl)c1. The first-order chi connectivity index (χ1) is 28.2. The Bertz CT molecular complexity index is 2360. The second-order valence-electron chi connectivity index (χ2n) is 17.7. The van der Waals surface area contributed by atoms with Crippen molar-refractivity contribution in [1.82, 2.24) is 25.3 Å². The number of fused-ring (bicyclic) bond motifs is 1. The molecule has 59 heavy (non-hydrogen) atoms. The van der Waals surface area contributed by atoms with Crippen LogP contribution in [0.4, 0.5) is 11.4 Å². The lowest BCUT2D eigenvalue weighted by Gasteiger charge is -2.63. The van der Waals surface area contributed by atoms with E-state index in [4.69, 9.17) is 16.3 Å². The minimum absolute atomic E-state index is 0.104. The number of rotatable bonds is 9. The number of hydrogen-bond acceptors (Lipinski definition) is 10. The Morgan fingerprint density at radius 1 is 0.898 bits per heavy atom. The van der Waals surface area contributed by atoms with E-state index < -0.39 is 11.9 Å². The number of nitrogens with one attached hydrogen (secondary N) is 2. The molecular weight excluding hydrogens is 768 g/mol. The Morgan fingerprint density at radius 2 is 1.58 bits per heavy atom. The van der Waals surface area contributed by atoms with Crippen LogP contribution in [0.1, 0.15) is 75.3 Å². The molecule has 4 fully saturated rings. The summed E-state index contributed by atoms with van der Waals surface area (Å²) in [5.41, 5.74) is 2.13. The maximum atomic E-state index is 13.5. The molecule has 3 aromatic carbocycles. The number of carbonyl (C=O) groups is 3. The molecule has 1 saturated carbocycles. The van der Waals surface area contributed by atoms with Crippen LogP contribution in [-0.2, 0) is 9.59 Å². The number of hydrogen-bond donors (Lipinski definition) is 2. The summed E-state index contributed by atoms with van der Waals surface area (Å²) in [6.07, 6.45) is 4.08. The number of halogens is 1. The zero-order valence-electron chi connectivity index (χ0n) is 34.0. The molecule has 0 bridgehead atoms. The molecule has 1 aromatic heterocycles. The summed E-state index contributed by atoms with van der Waals surface area (Å²) < 4.78 is 7.60. The van der Waals surface area contributed by atoms with Crippen LogP contribution < -0.4 is 30.7 Å². The Morgan fingerprint density at radius 3 is 2.24 bits per heavy atom. The number of aromatic nitrogens is 2. The molecule has 0 unspecified atom stereocenters. The van der Waals surface area contributed by atoms with Gasteiger partial charge in [-0.05, 0) is 73.7 Å². The number of ether oxygens (including phenoxy) is 1. The van der Waals surface area contributed by atoms with Crippen LogP contribution in [0.25, 0.3) is 10.8 Å². The number of piperazine rings is 1. The minimum atomic E-state index is -0.790. The van der Waals surface area contributed by atoms with Gasteiger partial charge in [-0.3, -0.25) is 29.4 Å². The quantitative estimate of drug-likeness (QED) is 0.206. The second-order valence-corrected chi connectivity index (χ2v) is 18.1. The van der Waals surface area contributed by atoms with Gasteiger partial charge < -0.3 is 19.9 Å². The second kappa shape index (κ2) is 16.0. The normalized spacial score (nSPS) is 23.3. The third-order valence-electron chi connectivity index (χ3n) is 13.1. The Kier molecular flexibility index (Phi) is 10.9. The maximum Gasteiger partial charge on any atom is 0.275 e. The molecule has 3 amide bonds. The van der Waals surface area contributed by atoms with Crippen LogP contribution in [0.15, 0.2) is 71.7 Å². The monoisotopic (exact) mass is 818 g/mol. The fraction of sp³-hybridized carbons (Fsp3) is 0.467. The van der Waals surface area contributed by atoms with Crippen molar-refractivity contribution in [3.05, 3.63) is 93.4 Å². The molecular formula is C45H51ClN8O5. The lowest BCUT2D eigenvalue weighted by molar-refractivity contribution is -0.164. The zero-order valence-corrected chi connectivity index (χ0v) is 34.8. The number of piperidine rings is 2. The van der Waals surface area contributed by atoms with Gasteiger partial charge in [0.25, 0.3) is 17.4 Å². The lowest BCUT2D eigenvalue weighted by Crippen LogP contribution is -2.74. The van der Waals surface area contributed by atoms with E-state index in [1.807, 2.05) is 30.3 Å². The Hall–Kier alpha value is -5.45. The van der Waals surface area contributed by atoms with Crippen LogP contribution in [0.3, 0.4) is 0 Å². The fourth-order valence-corrected chi connectivity index (χ4v) is 10.3. The smallest absolute Gasteiger partial charge is 0.275 e. The van der Waals surface area contributed by atoms with Crippen LogP contribution in [0.5, 0.6) is 5.75 Å². The third kappa shape index (κ3) is 7.88. The van der Waals surface area contributed by atoms with Crippen LogP contribution in [0.2, 0.25) is 5.02 Å². The van der Waals surface area contributed by atoms with Crippen molar-refractivity contribution in [2.24, 2.45) is 16.7 Å². The maximum absolute atomic E-state index is 13.5. The number of nitrogens with zero attached hydrogens (tertiary/aromatic N) is 6. The van der Waals surface area contributed by atoms with Crippen molar-refractivity contribution < 1.29 is 19.1 Å². The number of amides is 3. The first-order valence-electron chi connectivity index (χ1n) is 20.6. The van der Waals surface area contributed by atoms with Crippen molar-refractivity contribution in [3.8, 4) is 11.8 Å². The van der Waals surface area contributed by atoms with E-state index in [-0.39, 0.29) is 53.2 Å². The molecule has 3 aliphatic heterocycles. The first-order valence-corrected chi connectivity index (χ1v) is 21.0. The summed E-state index contributed by atoms with van der Waals surface area (Å²) in [5, 5.41) is 20.7. The van der Waals surface area contributed by atoms with Gasteiger partial charge in [0.15, 0.2) is 0 Å². The predicted molar refractivity (Wildman–Crippen MR) is 227 cm³/mol. The molecule has 2 N–H and O–H groups in total. The number of benzene rings is 3. The van der Waals surface area contributed by atoms with Gasteiger partial charge in [-0.2, -0.15) is 10.4 Å². The number of anilines is 2. The molecule has 308 valence electrons. The molecule has 13 nitrogen and oxygen atoms in total. The summed E-state index contributed by atoms with van der Waals surface area (Å²) in [5.74, 6) is 0.293. The largest absolute Gasteiger partial charge is 0.489 e. The van der Waals surface area contributed by atoms with Crippen molar-refractivity contribution in [2.45, 2.75) is 71.6 Å². The highest BCUT2D eigenvalue weighted by Crippen LogP contribution is 2.55. The molecule has 4 heterocycles. The van der Waals surface area contributed by atoms with Gasteiger partial charge in [0, 0.05) is 97.5 Å². The van der Waals surface area contributed by atoms with Crippen LogP contribution in [-0.4, -0.2) is 90.4 Å². The highest BCUT2D eigenvalue weighted by molar-refractivity contribution is 6.31. The number of carbonyl (C=O) groups excluding carboxylic acids is 3. The van der Waals surface area contributed by atoms with Crippen LogP contribution >= 0.6 is 11.6 Å². The molecule has 8 rings (SSSR count). The molecule has 0 spiro atoms. The van der Waals surface area contributed by atoms with E-state index in [0.29, 0.717) is 33.2 Å². The predicted octanol–water partition coefficient (Wildman–Crippen LogP) is 5.55. The number of nitriles is 1. The van der Waals surface area contributed by atoms with E-state index in [2.05, 4.69) is 76.3 Å². The molecule has 0 radical (unpaired) electrons. The van der Waals surface area contributed by atoms with Gasteiger partial charge >= 0.3 is 0 Å². The molecule has 4 aliphatic rings. The molecule has 3 saturated heterocycles. The first kappa shape index (κ1) is 40.3. The van der Waals surface area contributed by atoms with Gasteiger partial charge in [0.2, 0.25) is 5.91 Å². The van der Waals surface area contributed by atoms with Crippen molar-refractivity contribution in [1.29, 1.82) is 5.26 Å². The standard InChI is InChI=1S/C45H51ClN8O5/c1-44(2)42(45(3,4)43(44)59-34-12-8-30(25-47)36(46)24-34)50-39(56)29-5-9-32(10-6-29)52-17-15-28(16-18-52)27-51-19-21-53(22-20-51)33-11-7-31-26-48-54(41(58)35(31)23-33)37-13-14-38(55)49-40(37)57/h5-12,23-24,26,28,37,42-43H,13-22,27H2,1-4H3,(H,50,56)(H,49,55,57)/t37-,42-,43-/m1/s1. The van der Waals surface area contributed by atoms with E-state index in [0.717, 1.165) is 75.4 Å². The van der Waals surface area contributed by atoms with Gasteiger partial charge in [-0.15, -0.1) is 0 Å². The van der Waals surface area contributed by atoms with E-state index in [1.165, 1.54) is 4.68 Å². The Labute approximate surface area is 349 Å². The van der Waals surface area contributed by atoms with Gasteiger partial charge in [-0.1, -0.05) is 45.4 Å². The summed E-state index contributed by atoms with van der Waals surface area (Å²) in [6, 6.07) is 20.1. The van der Waals surface area contributed by atoms with E-state index >= 15 is 0 Å². The minimum Gasteiger partial charge on any atom is -0.489 e. The van der Waals surface area contributed by atoms with Gasteiger partial charge in [-0.25, -0.2) is 4.68 Å². The van der Waals surface area contributed by atoms with E-state index in [9.17, 15) is 24.4 Å². The molecule has 14 heteroatoms. The van der Waals surface area contributed by atoms with Crippen molar-refractivity contribution in [2.75, 3.05) is 55.6 Å². The average Bonchev–Trinajstić information content (AvgIpc) is 3.23. The third-order valence-corrected chi connectivity index (χ3v) is 13.4. The van der Waals surface area contributed by atoms with Gasteiger partial charge in [0.05, 0.1) is 22.2 Å². The molecule has 1 atom stereocenters. The topological polar surface area (TPSA) is 153 Å². The fourth-order valence-electron chi connectivity index (χ4n) is 10.0. The Balaban J connectivity index is 0.802. The lowest BCUT2D eigenvalue weighted by atomic mass is 9.49. The van der Waals surface area contributed by atoms with Gasteiger partial charge in [0.1, 0.15) is 24.0 Å². The summed E-state index contributed by atoms with van der Waals surface area (Å²) in [4.78, 5) is 58.3. The highest BCUT2D eigenvalue weighted by atomic mass is 35.5. The molecule has 1 aliphatic carbocycles. The average molecular weight is 819 g/mol. The van der Waals surface area contributed by atoms with Crippen molar-refractivity contribution in [3.63, 3.8) is 0 Å². The highest BCUT2D eigenvalue weighted by Gasteiger charge is 2.64. The van der Waals surface area contributed by atoms with Crippen LogP contribution in [0, 0.1) is 28.1 Å². The zero-order chi connectivity index (χ0) is 41.6. The summed E-state index contributed by atoms with van der Waals surface area (Å²) >= 11 is 6.26. The summed E-state index contributed by atoms with van der Waals surface area (Å²) in [7, 11) is 0.